The first kappa shape index (κ1) is 31.0. The molecule has 0 spiro atoms. The van der Waals surface area contributed by atoms with Crippen LogP contribution in [0.25, 0.3) is 0 Å². The largest absolute Gasteiger partial charge is 0.481 e. The molecule has 0 aliphatic rings. The fourth-order valence-electron chi connectivity index (χ4n) is 2.63. The van der Waals surface area contributed by atoms with Crippen LogP contribution in [-0.2, 0) is 22.5 Å². The van der Waals surface area contributed by atoms with E-state index < -0.39 is 21.7 Å². The van der Waals surface area contributed by atoms with Crippen LogP contribution in [0.1, 0.15) is 73.6 Å². The third-order valence-corrected chi connectivity index (χ3v) is 6.85. The molecule has 0 bridgehead atoms. The van der Waals surface area contributed by atoms with Crippen LogP contribution in [0.15, 0.2) is 59.3 Å². The molecule has 0 aliphatic carbocycles. The Balaban J connectivity index is 5.40. The van der Waals surface area contributed by atoms with Crippen LogP contribution in [0, 0.1) is 0 Å². The van der Waals surface area contributed by atoms with E-state index in [2.05, 4.69) is 27.6 Å². The maximum atomic E-state index is 12.4. The molecule has 7 nitrogen and oxygen atoms in total. The standard InChI is InChI=1S/C23H40O7P2/c1-8-17-28-31(24,25)30-32(26,27)29-23(18-22(7)14-10-12-20(4)5)16-15-21(6)13-9-11-19(2)3/h8,11-12,15,18,23H,1,9-10,13-14,16-17H2,2-7H3,(H,24,25)(H,26,27). The second-order valence-corrected chi connectivity index (χ2v) is 11.2. The number of allylic oxidation sites excluding steroid dienone is 6. The van der Waals surface area contributed by atoms with Crippen molar-refractivity contribution in [1.29, 1.82) is 0 Å². The average Bonchev–Trinajstić information content (AvgIpc) is 2.62. The highest BCUT2D eigenvalue weighted by molar-refractivity contribution is 7.61. The molecule has 0 radical (unpaired) electrons. The minimum atomic E-state index is -4.87. The lowest BCUT2D eigenvalue weighted by molar-refractivity contribution is 0.141. The zero-order valence-corrected chi connectivity index (χ0v) is 22.0. The lowest BCUT2D eigenvalue weighted by Crippen LogP contribution is -2.10. The lowest BCUT2D eigenvalue weighted by atomic mass is 10.0. The number of rotatable bonds is 16. The summed E-state index contributed by atoms with van der Waals surface area (Å²) in [5, 5.41) is 0. The molecule has 0 saturated heterocycles. The van der Waals surface area contributed by atoms with Gasteiger partial charge in [0.15, 0.2) is 0 Å². The van der Waals surface area contributed by atoms with Gasteiger partial charge >= 0.3 is 15.6 Å². The van der Waals surface area contributed by atoms with Gasteiger partial charge in [0.1, 0.15) is 0 Å². The first-order chi connectivity index (χ1) is 14.8. The molecule has 184 valence electrons. The van der Waals surface area contributed by atoms with Gasteiger partial charge in [0.05, 0.1) is 12.7 Å². The van der Waals surface area contributed by atoms with E-state index in [1.54, 1.807) is 6.08 Å². The van der Waals surface area contributed by atoms with Gasteiger partial charge in [-0.15, -0.1) is 6.58 Å². The van der Waals surface area contributed by atoms with Crippen molar-refractivity contribution in [1.82, 2.24) is 0 Å². The van der Waals surface area contributed by atoms with E-state index in [1.165, 1.54) is 17.2 Å². The second kappa shape index (κ2) is 15.7. The van der Waals surface area contributed by atoms with Crippen LogP contribution in [0.2, 0.25) is 0 Å². The van der Waals surface area contributed by atoms with Gasteiger partial charge in [0.25, 0.3) is 0 Å². The normalized spacial score (nSPS) is 17.1. The summed E-state index contributed by atoms with van der Waals surface area (Å²) in [4.78, 5) is 19.7. The molecule has 0 amide bonds. The Morgan fingerprint density at radius 3 is 1.91 bits per heavy atom. The maximum absolute atomic E-state index is 12.4. The molecule has 3 unspecified atom stereocenters. The Labute approximate surface area is 193 Å². The predicted molar refractivity (Wildman–Crippen MR) is 131 cm³/mol. The quantitative estimate of drug-likeness (QED) is 0.170. The molecule has 0 aromatic rings. The van der Waals surface area contributed by atoms with Gasteiger partial charge in [0, 0.05) is 0 Å². The zero-order chi connectivity index (χ0) is 24.8. The average molecular weight is 491 g/mol. The van der Waals surface area contributed by atoms with Gasteiger partial charge in [-0.2, -0.15) is 4.31 Å². The summed E-state index contributed by atoms with van der Waals surface area (Å²) < 4.78 is 38.4. The van der Waals surface area contributed by atoms with Crippen molar-refractivity contribution in [2.45, 2.75) is 79.8 Å². The Bertz CT molecular complexity index is 801. The minimum absolute atomic E-state index is 0.311. The first-order valence-corrected chi connectivity index (χ1v) is 13.7. The van der Waals surface area contributed by atoms with E-state index in [0.717, 1.165) is 36.8 Å². The van der Waals surface area contributed by atoms with Crippen molar-refractivity contribution in [3.63, 3.8) is 0 Å². The molecule has 0 heterocycles. The summed E-state index contributed by atoms with van der Waals surface area (Å²) in [6.45, 7) is 15.1. The van der Waals surface area contributed by atoms with Gasteiger partial charge in [-0.1, -0.05) is 52.7 Å². The highest BCUT2D eigenvalue weighted by Gasteiger charge is 2.36. The number of phosphoric acid groups is 2. The Hall–Kier alpha value is -1.04. The van der Waals surface area contributed by atoms with E-state index in [9.17, 15) is 18.9 Å². The summed E-state index contributed by atoms with van der Waals surface area (Å²) in [7, 11) is -9.64. The van der Waals surface area contributed by atoms with Gasteiger partial charge in [-0.3, -0.25) is 9.05 Å². The molecule has 0 aromatic carbocycles. The summed E-state index contributed by atoms with van der Waals surface area (Å²) in [6.07, 6.45) is 12.0. The highest BCUT2D eigenvalue weighted by Crippen LogP contribution is 2.61. The van der Waals surface area contributed by atoms with Crippen molar-refractivity contribution in [3.05, 3.63) is 59.3 Å². The smallest absolute Gasteiger partial charge is 0.302 e. The Morgan fingerprint density at radius 1 is 0.875 bits per heavy atom. The van der Waals surface area contributed by atoms with Gasteiger partial charge in [-0.25, -0.2) is 9.13 Å². The topological polar surface area (TPSA) is 102 Å². The monoisotopic (exact) mass is 490 g/mol. The SMILES string of the molecule is C=CCOP(=O)(O)OP(=O)(O)OC(C=C(C)CCC=C(C)C)CC=C(C)CCC=C(C)C. The number of hydrogen-bond donors (Lipinski definition) is 2. The van der Waals surface area contributed by atoms with E-state index in [4.69, 9.17) is 4.52 Å². The molecule has 3 atom stereocenters. The molecular formula is C23H40O7P2. The van der Waals surface area contributed by atoms with Crippen molar-refractivity contribution in [2.75, 3.05) is 6.61 Å². The molecule has 0 saturated carbocycles. The van der Waals surface area contributed by atoms with E-state index >= 15 is 0 Å². The second-order valence-electron chi connectivity index (χ2n) is 8.19. The molecule has 0 rings (SSSR count). The van der Waals surface area contributed by atoms with Crippen LogP contribution in [0.3, 0.4) is 0 Å². The van der Waals surface area contributed by atoms with Crippen molar-refractivity contribution in [2.24, 2.45) is 0 Å². The fraction of sp³-hybridized carbons (Fsp3) is 0.565. The predicted octanol–water partition coefficient (Wildman–Crippen LogP) is 7.57. The van der Waals surface area contributed by atoms with Crippen molar-refractivity contribution in [3.8, 4) is 0 Å². The summed E-state index contributed by atoms with van der Waals surface area (Å²) in [5.74, 6) is 0. The lowest BCUT2D eigenvalue weighted by Gasteiger charge is -2.20. The van der Waals surface area contributed by atoms with Gasteiger partial charge in [0.2, 0.25) is 0 Å². The van der Waals surface area contributed by atoms with E-state index in [1.807, 2.05) is 47.6 Å². The van der Waals surface area contributed by atoms with Gasteiger partial charge < -0.3 is 9.79 Å². The van der Waals surface area contributed by atoms with Crippen LogP contribution in [0.4, 0.5) is 0 Å². The van der Waals surface area contributed by atoms with Crippen LogP contribution in [0.5, 0.6) is 0 Å². The van der Waals surface area contributed by atoms with Crippen LogP contribution >= 0.6 is 15.6 Å². The van der Waals surface area contributed by atoms with Gasteiger partial charge in [-0.05, 0) is 73.6 Å². The van der Waals surface area contributed by atoms with Crippen molar-refractivity contribution < 1.29 is 32.3 Å². The molecular weight excluding hydrogens is 450 g/mol. The minimum Gasteiger partial charge on any atom is -0.302 e. The number of hydrogen-bond acceptors (Lipinski definition) is 5. The van der Waals surface area contributed by atoms with E-state index in [0.29, 0.717) is 6.42 Å². The molecule has 0 fully saturated rings. The molecule has 0 aliphatic heterocycles. The molecule has 0 aromatic heterocycles. The van der Waals surface area contributed by atoms with Crippen LogP contribution < -0.4 is 0 Å². The zero-order valence-electron chi connectivity index (χ0n) is 20.2. The summed E-state index contributed by atoms with van der Waals surface area (Å²) in [5.41, 5.74) is 4.55. The molecule has 9 heteroatoms. The summed E-state index contributed by atoms with van der Waals surface area (Å²) >= 11 is 0. The number of phosphoric ester groups is 2. The van der Waals surface area contributed by atoms with Crippen molar-refractivity contribution >= 4 is 15.6 Å². The third-order valence-electron chi connectivity index (χ3n) is 4.18. The summed E-state index contributed by atoms with van der Waals surface area (Å²) in [6, 6.07) is 0. The Morgan fingerprint density at radius 2 is 1.41 bits per heavy atom. The van der Waals surface area contributed by atoms with Crippen LogP contribution in [-0.4, -0.2) is 22.5 Å². The van der Waals surface area contributed by atoms with E-state index in [-0.39, 0.29) is 6.61 Å². The fourth-order valence-corrected chi connectivity index (χ4v) is 4.80. The maximum Gasteiger partial charge on any atom is 0.481 e. The Kier molecular flexibility index (Phi) is 15.2. The molecule has 2 N–H and O–H groups in total. The molecule has 32 heavy (non-hydrogen) atoms. The highest BCUT2D eigenvalue weighted by atomic mass is 31.3. The first-order valence-electron chi connectivity index (χ1n) is 10.7. The third kappa shape index (κ3) is 17.5.